The molecule has 9 rings (SSSR count). The first-order valence-electron chi connectivity index (χ1n) is 23.3. The van der Waals surface area contributed by atoms with E-state index in [-0.39, 0.29) is 25.2 Å². The number of carbonyl (C=O) groups excluding carboxylic acids is 2. The van der Waals surface area contributed by atoms with E-state index >= 15 is 0 Å². The maximum atomic E-state index is 12.1. The molecule has 358 valence electrons. The Morgan fingerprint density at radius 1 is 0.729 bits per heavy atom. The highest BCUT2D eigenvalue weighted by Crippen LogP contribution is 2.52. The second kappa shape index (κ2) is 20.5. The SMILES string of the molecule is CC(=O)OCCN1C(=CC=C2CCC(C=CC3=[N+](CCOC(C)=O)c4ccc5cc(SOOO)ccc5c4C3(C)C)=C2N(c2ccccc2)c2ccccc2)C(C)(C)c2c1ccc1cc(SO)ccc21. The summed E-state index contributed by atoms with van der Waals surface area (Å²) >= 11 is 1.67. The third-order valence-electron chi connectivity index (χ3n) is 13.5. The molecule has 13 heteroatoms. The Kier molecular flexibility index (Phi) is 14.2. The van der Waals surface area contributed by atoms with Gasteiger partial charge in [-0.05, 0) is 132 Å². The number of nitrogens with zero attached hydrogens (tertiary/aromatic N) is 3. The lowest BCUT2D eigenvalue weighted by Crippen LogP contribution is -2.29. The van der Waals surface area contributed by atoms with Crippen LogP contribution in [0.1, 0.15) is 65.5 Å². The Hall–Kier alpha value is -6.45. The van der Waals surface area contributed by atoms with Gasteiger partial charge in [0.1, 0.15) is 6.61 Å². The van der Waals surface area contributed by atoms with Crippen LogP contribution in [0, 0.1) is 0 Å². The van der Waals surface area contributed by atoms with Gasteiger partial charge in [-0.25, -0.2) is 5.26 Å². The fourth-order valence-electron chi connectivity index (χ4n) is 10.6. The summed E-state index contributed by atoms with van der Waals surface area (Å²) in [5.41, 5.74) is 11.2. The van der Waals surface area contributed by atoms with Gasteiger partial charge in [-0.1, -0.05) is 85.6 Å². The van der Waals surface area contributed by atoms with Crippen LogP contribution in [0.4, 0.5) is 22.7 Å². The number of allylic oxidation sites excluding steroid dienone is 7. The van der Waals surface area contributed by atoms with Crippen molar-refractivity contribution in [3.63, 3.8) is 0 Å². The zero-order valence-electron chi connectivity index (χ0n) is 40.1. The highest BCUT2D eigenvalue weighted by atomic mass is 32.2. The number of anilines is 3. The van der Waals surface area contributed by atoms with E-state index in [1.165, 1.54) is 30.6 Å². The number of esters is 2. The first-order valence-corrected chi connectivity index (χ1v) is 24.9. The molecule has 0 saturated heterocycles. The van der Waals surface area contributed by atoms with Crippen molar-refractivity contribution in [2.45, 2.75) is 75.0 Å². The third kappa shape index (κ3) is 9.45. The van der Waals surface area contributed by atoms with Crippen LogP contribution in [-0.2, 0) is 39.3 Å². The fourth-order valence-corrected chi connectivity index (χ4v) is 11.3. The number of ether oxygens (including phenoxy) is 2. The topological polar surface area (TPSA) is 121 Å². The predicted octanol–water partition coefficient (Wildman–Crippen LogP) is 13.5. The molecule has 0 aromatic heterocycles. The van der Waals surface area contributed by atoms with Crippen molar-refractivity contribution in [1.29, 1.82) is 0 Å². The highest BCUT2D eigenvalue weighted by molar-refractivity contribution is 7.94. The molecule has 2 N–H and O–H groups in total. The van der Waals surface area contributed by atoms with E-state index in [2.05, 4.69) is 156 Å². The molecule has 1 aliphatic carbocycles. The van der Waals surface area contributed by atoms with Gasteiger partial charge in [0.2, 0.25) is 5.69 Å². The minimum atomic E-state index is -0.469. The molecule has 6 aromatic rings. The van der Waals surface area contributed by atoms with Gasteiger partial charge < -0.3 is 23.8 Å². The quantitative estimate of drug-likeness (QED) is 0.0316. The molecule has 3 aliphatic rings. The summed E-state index contributed by atoms with van der Waals surface area (Å²) in [6.07, 6.45) is 10.6. The monoisotopic (exact) mass is 974 g/mol. The number of hydrogen-bond acceptors (Lipinski definition) is 12. The average Bonchev–Trinajstić information content (AvgIpc) is 3.92. The molecule has 0 amide bonds. The van der Waals surface area contributed by atoms with Crippen LogP contribution < -0.4 is 9.80 Å². The molecule has 2 aliphatic heterocycles. The summed E-state index contributed by atoms with van der Waals surface area (Å²) in [6, 6.07) is 41.5. The normalized spacial score (nSPS) is 17.1. The number of hydrogen-bond donors (Lipinski definition) is 2. The number of carbonyl (C=O) groups is 2. The molecule has 0 unspecified atom stereocenters. The van der Waals surface area contributed by atoms with Gasteiger partial charge in [-0.3, -0.25) is 9.59 Å². The smallest absolute Gasteiger partial charge is 0.302 e. The number of rotatable bonds is 16. The molecule has 0 fully saturated rings. The van der Waals surface area contributed by atoms with Crippen molar-refractivity contribution in [3.8, 4) is 0 Å². The van der Waals surface area contributed by atoms with E-state index in [1.54, 1.807) is 0 Å². The van der Waals surface area contributed by atoms with E-state index in [9.17, 15) is 14.1 Å². The summed E-state index contributed by atoms with van der Waals surface area (Å²) in [5, 5.41) is 16.9. The minimum absolute atomic E-state index is 0.219. The average molecular weight is 975 g/mol. The molecule has 70 heavy (non-hydrogen) atoms. The maximum absolute atomic E-state index is 12.1. The Bertz CT molecular complexity index is 3120. The zero-order valence-corrected chi connectivity index (χ0v) is 41.7. The summed E-state index contributed by atoms with van der Waals surface area (Å²) in [7, 11) is 0. The van der Waals surface area contributed by atoms with Crippen LogP contribution in [-0.4, -0.2) is 58.3 Å². The molecular formula is C57H56N3O8S2+. The number of fused-ring (bicyclic) bond motifs is 6. The number of benzene rings is 6. The van der Waals surface area contributed by atoms with Gasteiger partial charge in [-0.15, -0.1) is 4.33 Å². The number of para-hydroxylation sites is 2. The van der Waals surface area contributed by atoms with E-state index in [4.69, 9.17) is 19.1 Å². The molecule has 0 atom stereocenters. The highest BCUT2D eigenvalue weighted by Gasteiger charge is 2.46. The molecule has 11 nitrogen and oxygen atoms in total. The van der Waals surface area contributed by atoms with Crippen LogP contribution in [0.2, 0.25) is 0 Å². The minimum Gasteiger partial charge on any atom is -0.464 e. The standard InChI is InChI=1S/C57H55N3O8S2/c1-37(61)65-33-31-58-49-27-19-41-35-45(69-64)23-25-47(41)53(49)56(3,4)51(58)29-21-39-17-18-40(55(39)60(43-13-9-7-10-14-43)44-15-11-8-12-16-44)22-30-52-57(5,6)54-48-26-24-46(70-68-67-63)36-42(48)20-28-50(54)59(52)32-34-66-38(2)62/h7-16,19-30,35-36H,17-18,31-34H2,1-6H3,(H-,63,64)/p+1. The van der Waals surface area contributed by atoms with Crippen LogP contribution in [0.5, 0.6) is 0 Å². The Balaban J connectivity index is 1.20. The van der Waals surface area contributed by atoms with Gasteiger partial charge in [0, 0.05) is 81.6 Å². The second-order valence-corrected chi connectivity index (χ2v) is 20.0. The fraction of sp³-hybridized carbons (Fsp3) is 0.246. The van der Waals surface area contributed by atoms with Crippen molar-refractivity contribution in [1.82, 2.24) is 0 Å². The van der Waals surface area contributed by atoms with Crippen LogP contribution in [0.3, 0.4) is 0 Å². The molecule has 0 spiro atoms. The predicted molar refractivity (Wildman–Crippen MR) is 280 cm³/mol. The summed E-state index contributed by atoms with van der Waals surface area (Å²) in [5.74, 6) is -0.646. The largest absolute Gasteiger partial charge is 0.464 e. The lowest BCUT2D eigenvalue weighted by Gasteiger charge is -2.29. The molecule has 0 bridgehead atoms. The molecule has 0 radical (unpaired) electrons. The first kappa shape index (κ1) is 48.6. The molecule has 2 heterocycles. The van der Waals surface area contributed by atoms with Gasteiger partial charge in [-0.2, -0.15) is 4.58 Å². The second-order valence-electron chi connectivity index (χ2n) is 18.6. The van der Waals surface area contributed by atoms with Gasteiger partial charge in [0.05, 0.1) is 29.7 Å². The van der Waals surface area contributed by atoms with Crippen molar-refractivity contribution in [2.24, 2.45) is 0 Å². The molecular weight excluding hydrogens is 919 g/mol. The van der Waals surface area contributed by atoms with Crippen molar-refractivity contribution < 1.29 is 42.8 Å². The lowest BCUT2D eigenvalue weighted by molar-refractivity contribution is -0.440. The molecule has 6 aromatic carbocycles. The summed E-state index contributed by atoms with van der Waals surface area (Å²) in [4.78, 5) is 30.3. The van der Waals surface area contributed by atoms with Gasteiger partial charge in [0.25, 0.3) is 0 Å². The third-order valence-corrected chi connectivity index (χ3v) is 14.6. The van der Waals surface area contributed by atoms with Crippen molar-refractivity contribution >= 4 is 86.0 Å². The Morgan fingerprint density at radius 3 is 2.01 bits per heavy atom. The van der Waals surface area contributed by atoms with Crippen LogP contribution in [0.15, 0.2) is 178 Å². The Morgan fingerprint density at radius 2 is 1.36 bits per heavy atom. The van der Waals surface area contributed by atoms with Crippen molar-refractivity contribution in [3.05, 3.63) is 179 Å². The zero-order chi connectivity index (χ0) is 49.2. The Labute approximate surface area is 417 Å². The van der Waals surface area contributed by atoms with E-state index < -0.39 is 10.8 Å². The van der Waals surface area contributed by atoms with Gasteiger partial charge >= 0.3 is 11.9 Å². The maximum Gasteiger partial charge on any atom is 0.302 e. The van der Waals surface area contributed by atoms with Crippen LogP contribution >= 0.6 is 24.1 Å². The molecule has 0 saturated carbocycles. The van der Waals surface area contributed by atoms with E-state index in [0.717, 1.165) is 114 Å². The lowest BCUT2D eigenvalue weighted by atomic mass is 9.79. The van der Waals surface area contributed by atoms with Crippen LogP contribution in [0.25, 0.3) is 21.5 Å². The van der Waals surface area contributed by atoms with E-state index in [1.807, 2.05) is 36.4 Å². The summed E-state index contributed by atoms with van der Waals surface area (Å²) < 4.78 is 28.0. The van der Waals surface area contributed by atoms with Crippen molar-refractivity contribution in [2.75, 3.05) is 36.1 Å². The van der Waals surface area contributed by atoms with Gasteiger partial charge in [0.15, 0.2) is 18.9 Å². The van der Waals surface area contributed by atoms with E-state index in [0.29, 0.717) is 13.1 Å². The first-order chi connectivity index (χ1) is 33.8. The summed E-state index contributed by atoms with van der Waals surface area (Å²) in [6.45, 7) is 13.3.